The van der Waals surface area contributed by atoms with Crippen LogP contribution in [0, 0.1) is 5.82 Å². The highest BCUT2D eigenvalue weighted by molar-refractivity contribution is 5.78. The van der Waals surface area contributed by atoms with Crippen molar-refractivity contribution >= 4 is 11.0 Å². The normalized spacial score (nSPS) is 13.1. The molecule has 0 aliphatic carbocycles. The minimum Gasteiger partial charge on any atom is -0.456 e. The number of unbranched alkanes of at least 4 members (excludes halogenated alkanes) is 1. The van der Waals surface area contributed by atoms with Gasteiger partial charge in [-0.2, -0.15) is 0 Å². The van der Waals surface area contributed by atoms with E-state index in [4.69, 9.17) is 10.3 Å². The third-order valence-electron chi connectivity index (χ3n) is 2.91. The lowest BCUT2D eigenvalue weighted by molar-refractivity contribution is 0.403. The second kappa shape index (κ2) is 5.29. The van der Waals surface area contributed by atoms with Gasteiger partial charge >= 0.3 is 0 Å². The molecule has 0 radical (unpaired) electrons. The van der Waals surface area contributed by atoms with E-state index in [9.17, 15) is 4.39 Å². The first-order valence-corrected chi connectivity index (χ1v) is 5.90. The Hall–Kier alpha value is -1.39. The molecule has 4 heteroatoms. The first-order valence-electron chi connectivity index (χ1n) is 5.90. The zero-order valence-electron chi connectivity index (χ0n) is 9.87. The largest absolute Gasteiger partial charge is 0.456 e. The average Bonchev–Trinajstić information content (AvgIpc) is 2.75. The van der Waals surface area contributed by atoms with Gasteiger partial charge in [0.25, 0.3) is 0 Å². The van der Waals surface area contributed by atoms with Gasteiger partial charge in [0.2, 0.25) is 0 Å². The molecule has 2 rings (SSSR count). The molecule has 0 aliphatic rings. The first kappa shape index (κ1) is 12.1. The van der Waals surface area contributed by atoms with Crippen LogP contribution < -0.4 is 11.3 Å². The van der Waals surface area contributed by atoms with Crippen LogP contribution in [-0.4, -0.2) is 0 Å². The molecular formula is C13H17FN2O. The summed E-state index contributed by atoms with van der Waals surface area (Å²) in [5.41, 5.74) is 3.02. The molecule has 1 atom stereocenters. The van der Waals surface area contributed by atoms with Gasteiger partial charge in [0.05, 0.1) is 6.04 Å². The number of nitrogens with two attached hydrogens (primary N) is 1. The molecule has 2 aromatic rings. The monoisotopic (exact) mass is 236 g/mol. The predicted octanol–water partition coefficient (Wildman–Crippen LogP) is 3.27. The van der Waals surface area contributed by atoms with E-state index in [0.29, 0.717) is 11.3 Å². The van der Waals surface area contributed by atoms with E-state index < -0.39 is 0 Å². The topological polar surface area (TPSA) is 51.2 Å². The maximum absolute atomic E-state index is 13.5. The number of para-hydroxylation sites is 1. The molecule has 0 aliphatic heterocycles. The van der Waals surface area contributed by atoms with Crippen LogP contribution in [0.15, 0.2) is 28.7 Å². The number of benzene rings is 1. The Morgan fingerprint density at radius 3 is 2.94 bits per heavy atom. The Kier molecular flexibility index (Phi) is 3.76. The molecule has 0 saturated carbocycles. The molecule has 1 unspecified atom stereocenters. The maximum Gasteiger partial charge on any atom is 0.169 e. The molecule has 1 aromatic carbocycles. The summed E-state index contributed by atoms with van der Waals surface area (Å²) in [6.07, 6.45) is 3.02. The highest BCUT2D eigenvalue weighted by Crippen LogP contribution is 2.27. The van der Waals surface area contributed by atoms with E-state index in [0.717, 1.165) is 24.6 Å². The lowest BCUT2D eigenvalue weighted by atomic mass is 10.1. The standard InChI is InChI=1S/C13H17FN2O/c1-2-3-7-11(16-15)12-8-9-5-4-6-10(14)13(9)17-12/h4-6,8,11,16H,2-3,7,15H2,1H3. The molecule has 92 valence electrons. The third kappa shape index (κ3) is 2.48. The van der Waals surface area contributed by atoms with E-state index in [1.54, 1.807) is 6.07 Å². The summed E-state index contributed by atoms with van der Waals surface area (Å²) in [5, 5.41) is 0.775. The molecule has 17 heavy (non-hydrogen) atoms. The van der Waals surface area contributed by atoms with Crippen molar-refractivity contribution in [1.82, 2.24) is 5.43 Å². The van der Waals surface area contributed by atoms with Crippen molar-refractivity contribution < 1.29 is 8.81 Å². The number of furan rings is 1. The fourth-order valence-corrected chi connectivity index (χ4v) is 1.94. The Balaban J connectivity index is 2.31. The van der Waals surface area contributed by atoms with Gasteiger partial charge in [-0.15, -0.1) is 0 Å². The second-order valence-corrected chi connectivity index (χ2v) is 4.17. The number of fused-ring (bicyclic) bond motifs is 1. The van der Waals surface area contributed by atoms with Gasteiger partial charge in [0.1, 0.15) is 5.76 Å². The molecule has 3 N–H and O–H groups in total. The van der Waals surface area contributed by atoms with Gasteiger partial charge in [0, 0.05) is 5.39 Å². The molecule has 0 bridgehead atoms. The minimum absolute atomic E-state index is 0.0539. The van der Waals surface area contributed by atoms with Crippen LogP contribution in [0.5, 0.6) is 0 Å². The summed E-state index contributed by atoms with van der Waals surface area (Å²) < 4.78 is 19.0. The zero-order valence-corrected chi connectivity index (χ0v) is 9.87. The van der Waals surface area contributed by atoms with Gasteiger partial charge in [-0.3, -0.25) is 5.84 Å². The zero-order chi connectivity index (χ0) is 12.3. The number of rotatable bonds is 5. The number of hydrazine groups is 1. The van der Waals surface area contributed by atoms with Crippen LogP contribution in [0.2, 0.25) is 0 Å². The Morgan fingerprint density at radius 1 is 1.47 bits per heavy atom. The summed E-state index contributed by atoms with van der Waals surface area (Å²) in [4.78, 5) is 0. The molecule has 0 fully saturated rings. The lowest BCUT2D eigenvalue weighted by Crippen LogP contribution is -2.27. The highest BCUT2D eigenvalue weighted by Gasteiger charge is 2.15. The highest BCUT2D eigenvalue weighted by atomic mass is 19.1. The summed E-state index contributed by atoms with van der Waals surface area (Å²) >= 11 is 0. The molecule has 1 heterocycles. The number of hydrogen-bond acceptors (Lipinski definition) is 3. The van der Waals surface area contributed by atoms with Crippen molar-refractivity contribution in [3.05, 3.63) is 35.8 Å². The number of nitrogens with one attached hydrogen (secondary N) is 1. The first-order chi connectivity index (χ1) is 8.26. The Labute approximate surface area is 99.8 Å². The summed E-state index contributed by atoms with van der Waals surface area (Å²) in [5.74, 6) is 5.86. The third-order valence-corrected chi connectivity index (χ3v) is 2.91. The van der Waals surface area contributed by atoms with E-state index >= 15 is 0 Å². The van der Waals surface area contributed by atoms with E-state index in [2.05, 4.69) is 12.3 Å². The van der Waals surface area contributed by atoms with Crippen molar-refractivity contribution in [2.45, 2.75) is 32.2 Å². The summed E-state index contributed by atoms with van der Waals surface area (Å²) in [7, 11) is 0. The summed E-state index contributed by atoms with van der Waals surface area (Å²) in [6.45, 7) is 2.12. The molecule has 0 saturated heterocycles. The van der Waals surface area contributed by atoms with Crippen molar-refractivity contribution in [3.8, 4) is 0 Å². The fraction of sp³-hybridized carbons (Fsp3) is 0.385. The SMILES string of the molecule is CCCCC(NN)c1cc2cccc(F)c2o1. The summed E-state index contributed by atoms with van der Waals surface area (Å²) in [6, 6.07) is 6.69. The molecule has 3 nitrogen and oxygen atoms in total. The predicted molar refractivity (Wildman–Crippen MR) is 65.8 cm³/mol. The molecule has 1 aromatic heterocycles. The molecular weight excluding hydrogens is 219 g/mol. The van der Waals surface area contributed by atoms with Gasteiger partial charge in [-0.1, -0.05) is 31.9 Å². The number of halogens is 1. The van der Waals surface area contributed by atoms with Crippen LogP contribution in [0.1, 0.15) is 38.0 Å². The van der Waals surface area contributed by atoms with E-state index in [1.165, 1.54) is 6.07 Å². The van der Waals surface area contributed by atoms with Gasteiger partial charge in [-0.05, 0) is 18.6 Å². The van der Waals surface area contributed by atoms with Gasteiger partial charge < -0.3 is 4.42 Å². The van der Waals surface area contributed by atoms with E-state index in [-0.39, 0.29) is 11.9 Å². The Morgan fingerprint density at radius 2 is 2.29 bits per heavy atom. The molecule has 0 amide bonds. The fourth-order valence-electron chi connectivity index (χ4n) is 1.94. The second-order valence-electron chi connectivity index (χ2n) is 4.17. The van der Waals surface area contributed by atoms with Crippen molar-refractivity contribution in [1.29, 1.82) is 0 Å². The van der Waals surface area contributed by atoms with Crippen LogP contribution in [0.4, 0.5) is 4.39 Å². The molecule has 0 spiro atoms. The lowest BCUT2D eigenvalue weighted by Gasteiger charge is -2.11. The van der Waals surface area contributed by atoms with Crippen LogP contribution in [0.25, 0.3) is 11.0 Å². The van der Waals surface area contributed by atoms with Crippen LogP contribution in [0.3, 0.4) is 0 Å². The average molecular weight is 236 g/mol. The van der Waals surface area contributed by atoms with Gasteiger partial charge in [-0.25, -0.2) is 9.82 Å². The van der Waals surface area contributed by atoms with Crippen molar-refractivity contribution in [3.63, 3.8) is 0 Å². The smallest absolute Gasteiger partial charge is 0.169 e. The minimum atomic E-state index is -0.333. The van der Waals surface area contributed by atoms with E-state index in [1.807, 2.05) is 12.1 Å². The van der Waals surface area contributed by atoms with Crippen molar-refractivity contribution in [2.75, 3.05) is 0 Å². The van der Waals surface area contributed by atoms with Crippen LogP contribution in [-0.2, 0) is 0 Å². The van der Waals surface area contributed by atoms with Crippen LogP contribution >= 0.6 is 0 Å². The quantitative estimate of drug-likeness (QED) is 0.618. The van der Waals surface area contributed by atoms with Crippen molar-refractivity contribution in [2.24, 2.45) is 5.84 Å². The number of hydrogen-bond donors (Lipinski definition) is 2. The maximum atomic E-state index is 13.5. The van der Waals surface area contributed by atoms with Gasteiger partial charge in [0.15, 0.2) is 11.4 Å². The Bertz CT molecular complexity index is 495.